The fourth-order valence-electron chi connectivity index (χ4n) is 3.30. The first-order valence-electron chi connectivity index (χ1n) is 10.6. The van der Waals surface area contributed by atoms with Crippen molar-refractivity contribution >= 4 is 18.0 Å². The molecule has 0 fully saturated rings. The summed E-state index contributed by atoms with van der Waals surface area (Å²) in [7, 11) is 0. The highest BCUT2D eigenvalue weighted by Gasteiger charge is 2.24. The molecule has 1 rings (SSSR count). The molecule has 0 aliphatic rings. The van der Waals surface area contributed by atoms with Crippen molar-refractivity contribution < 1.29 is 24.5 Å². The number of rotatable bonds is 11. The van der Waals surface area contributed by atoms with Gasteiger partial charge in [0.25, 0.3) is 0 Å². The third kappa shape index (κ3) is 10.3. The Bertz CT molecular complexity index is 783. The van der Waals surface area contributed by atoms with Crippen molar-refractivity contribution in [1.82, 2.24) is 16.0 Å². The summed E-state index contributed by atoms with van der Waals surface area (Å²) in [4.78, 5) is 24.1. The molecule has 0 aromatic heterocycles. The molecule has 8 N–H and O–H groups in total. The van der Waals surface area contributed by atoms with Crippen molar-refractivity contribution in [2.24, 2.45) is 5.73 Å². The van der Waals surface area contributed by atoms with Gasteiger partial charge in [0.2, 0.25) is 0 Å². The number of phenols is 1. The van der Waals surface area contributed by atoms with E-state index in [0.29, 0.717) is 19.4 Å². The number of carboxylic acid groups (broad SMARTS) is 1. The van der Waals surface area contributed by atoms with E-state index in [2.05, 4.69) is 16.0 Å². The van der Waals surface area contributed by atoms with Crippen LogP contribution in [0.3, 0.4) is 0 Å². The molecule has 0 radical (unpaired) electrons. The summed E-state index contributed by atoms with van der Waals surface area (Å²) in [5, 5.41) is 35.2. The minimum atomic E-state index is -1.01. The zero-order valence-corrected chi connectivity index (χ0v) is 19.5. The van der Waals surface area contributed by atoms with Crippen molar-refractivity contribution in [3.8, 4) is 5.75 Å². The van der Waals surface area contributed by atoms with E-state index in [1.54, 1.807) is 32.9 Å². The number of hydrogen-bond acceptors (Lipinski definition) is 6. The molecule has 1 amide bonds. The number of aryl methyl sites for hydroxylation is 2. The number of aliphatic carboxylic acids is 1. The molecule has 10 heteroatoms. The lowest BCUT2D eigenvalue weighted by atomic mass is 9.95. The monoisotopic (exact) mass is 451 g/mol. The number of alkyl carbamates (subject to hydrolysis) is 1. The Kier molecular flexibility index (Phi) is 10.2. The summed E-state index contributed by atoms with van der Waals surface area (Å²) in [6.45, 7) is 9.62. The highest BCUT2D eigenvalue weighted by atomic mass is 16.6. The van der Waals surface area contributed by atoms with E-state index in [9.17, 15) is 19.8 Å². The molecule has 180 valence electrons. The summed E-state index contributed by atoms with van der Waals surface area (Å²) in [5.74, 6) is -0.999. The van der Waals surface area contributed by atoms with E-state index in [-0.39, 0.29) is 30.7 Å². The molecule has 32 heavy (non-hydrogen) atoms. The molecular formula is C22H37N5O5. The number of nitrogens with two attached hydrogens (primary N) is 1. The Morgan fingerprint density at radius 2 is 1.81 bits per heavy atom. The molecule has 0 aliphatic heterocycles. The van der Waals surface area contributed by atoms with Gasteiger partial charge in [0.15, 0.2) is 5.96 Å². The first-order chi connectivity index (χ1) is 14.8. The minimum Gasteiger partial charge on any atom is -0.508 e. The van der Waals surface area contributed by atoms with Crippen LogP contribution in [0.5, 0.6) is 5.75 Å². The lowest BCUT2D eigenvalue weighted by molar-refractivity contribution is -0.139. The first kappa shape index (κ1) is 27.0. The number of hydrogen-bond donors (Lipinski definition) is 7. The number of phenolic OH excluding ortho intramolecular Hbond substituents is 1. The third-order valence-corrected chi connectivity index (χ3v) is 4.76. The topological polar surface area (TPSA) is 170 Å². The maximum Gasteiger partial charge on any atom is 0.407 e. The first-order valence-corrected chi connectivity index (χ1v) is 10.6. The number of aromatic hydroxyl groups is 1. The van der Waals surface area contributed by atoms with Gasteiger partial charge in [-0.2, -0.15) is 0 Å². The van der Waals surface area contributed by atoms with Crippen LogP contribution in [0.4, 0.5) is 4.79 Å². The molecule has 2 atom stereocenters. The van der Waals surface area contributed by atoms with Crippen LogP contribution in [0.2, 0.25) is 0 Å². The summed E-state index contributed by atoms with van der Waals surface area (Å²) >= 11 is 0. The Morgan fingerprint density at radius 1 is 1.22 bits per heavy atom. The van der Waals surface area contributed by atoms with E-state index in [1.165, 1.54) is 0 Å². The van der Waals surface area contributed by atoms with Crippen LogP contribution in [-0.2, 0) is 16.0 Å². The van der Waals surface area contributed by atoms with Gasteiger partial charge >= 0.3 is 12.1 Å². The largest absolute Gasteiger partial charge is 0.508 e. The third-order valence-electron chi connectivity index (χ3n) is 4.76. The van der Waals surface area contributed by atoms with Crippen LogP contribution in [0.1, 0.15) is 50.3 Å². The van der Waals surface area contributed by atoms with Gasteiger partial charge in [-0.3, -0.25) is 10.2 Å². The second-order valence-corrected chi connectivity index (χ2v) is 8.89. The number of carbonyl (C=O) groups excluding carboxylic acids is 1. The fraction of sp³-hybridized carbons (Fsp3) is 0.591. The molecule has 0 bridgehead atoms. The Hall–Kier alpha value is -3.01. The van der Waals surface area contributed by atoms with Crippen molar-refractivity contribution in [3.05, 3.63) is 28.8 Å². The predicted molar refractivity (Wildman–Crippen MR) is 123 cm³/mol. The molecule has 0 unspecified atom stereocenters. The molecule has 1 aromatic rings. The van der Waals surface area contributed by atoms with Crippen molar-refractivity contribution in [2.45, 2.75) is 71.6 Å². The number of ether oxygens (including phenoxy) is 1. The van der Waals surface area contributed by atoms with Gasteiger partial charge in [-0.25, -0.2) is 4.79 Å². The van der Waals surface area contributed by atoms with Crippen molar-refractivity contribution in [3.63, 3.8) is 0 Å². The van der Waals surface area contributed by atoms with E-state index in [1.807, 2.05) is 13.8 Å². The zero-order valence-electron chi connectivity index (χ0n) is 19.5. The number of amides is 1. The second-order valence-electron chi connectivity index (χ2n) is 8.89. The van der Waals surface area contributed by atoms with E-state index in [0.717, 1.165) is 16.7 Å². The number of benzene rings is 1. The summed E-state index contributed by atoms with van der Waals surface area (Å²) in [6, 6.07) is 1.95. The van der Waals surface area contributed by atoms with Gasteiger partial charge in [0.05, 0.1) is 0 Å². The summed E-state index contributed by atoms with van der Waals surface area (Å²) in [6.07, 6.45) is 0.783. The Morgan fingerprint density at radius 3 is 2.31 bits per heavy atom. The van der Waals surface area contributed by atoms with E-state index >= 15 is 0 Å². The van der Waals surface area contributed by atoms with Gasteiger partial charge in [0, 0.05) is 19.1 Å². The maximum atomic E-state index is 12.2. The van der Waals surface area contributed by atoms with Crippen LogP contribution in [-0.4, -0.2) is 59.0 Å². The molecular weight excluding hydrogens is 414 g/mol. The normalized spacial score (nSPS) is 13.2. The lowest BCUT2D eigenvalue weighted by Crippen LogP contribution is -2.49. The molecule has 0 aliphatic carbocycles. The Balaban J connectivity index is 2.84. The average Bonchev–Trinajstić information content (AvgIpc) is 2.61. The van der Waals surface area contributed by atoms with E-state index < -0.39 is 23.7 Å². The molecule has 10 nitrogen and oxygen atoms in total. The van der Waals surface area contributed by atoms with Crippen LogP contribution in [0.15, 0.2) is 12.1 Å². The maximum absolute atomic E-state index is 12.2. The second kappa shape index (κ2) is 12.1. The van der Waals surface area contributed by atoms with Crippen molar-refractivity contribution in [1.29, 1.82) is 5.41 Å². The van der Waals surface area contributed by atoms with Gasteiger partial charge in [0.1, 0.15) is 17.4 Å². The molecule has 0 heterocycles. The standard InChI is InChI=1S/C22H37N5O5/c1-13-9-16(28)10-14(2)17(13)11-18(19(29)30)26-12-15(7-6-8-25-20(23)24)27-21(31)32-22(3,4)5/h9-10,15,18,26,28H,6-8,11-12H2,1-5H3,(H,27,31)(H,29,30)(H4,23,24,25)/t15-,18-/m0/s1. The highest BCUT2D eigenvalue weighted by molar-refractivity contribution is 5.74. The van der Waals surface area contributed by atoms with Crippen LogP contribution >= 0.6 is 0 Å². The minimum absolute atomic E-state index is 0.134. The number of nitrogens with one attached hydrogen (secondary N) is 4. The Labute approximate surface area is 189 Å². The predicted octanol–water partition coefficient (Wildman–Crippen LogP) is 1.75. The van der Waals surface area contributed by atoms with Crippen LogP contribution in [0.25, 0.3) is 0 Å². The summed E-state index contributed by atoms with van der Waals surface area (Å²) in [5.41, 5.74) is 7.11. The molecule has 1 aromatic carbocycles. The SMILES string of the molecule is Cc1cc(O)cc(C)c1C[C@H](NC[C@H](CCCNC(=N)N)NC(=O)OC(C)(C)C)C(=O)O. The summed E-state index contributed by atoms with van der Waals surface area (Å²) < 4.78 is 5.32. The number of carbonyl (C=O) groups is 2. The average molecular weight is 452 g/mol. The zero-order chi connectivity index (χ0) is 24.5. The lowest BCUT2D eigenvalue weighted by Gasteiger charge is -2.25. The quantitative estimate of drug-likeness (QED) is 0.152. The highest BCUT2D eigenvalue weighted by Crippen LogP contribution is 2.22. The number of carboxylic acids is 1. The van der Waals surface area contributed by atoms with E-state index in [4.69, 9.17) is 15.9 Å². The van der Waals surface area contributed by atoms with Gasteiger partial charge in [-0.05, 0) is 82.7 Å². The van der Waals surface area contributed by atoms with Crippen LogP contribution < -0.4 is 21.7 Å². The molecule has 0 saturated heterocycles. The van der Waals surface area contributed by atoms with Gasteiger partial charge < -0.3 is 36.6 Å². The number of guanidine groups is 1. The molecule has 0 spiro atoms. The molecule has 0 saturated carbocycles. The van der Waals surface area contributed by atoms with Gasteiger partial charge in [-0.15, -0.1) is 0 Å². The van der Waals surface area contributed by atoms with Crippen LogP contribution in [0, 0.1) is 19.3 Å². The fourth-order valence-corrected chi connectivity index (χ4v) is 3.30. The smallest absolute Gasteiger partial charge is 0.407 e. The van der Waals surface area contributed by atoms with Gasteiger partial charge in [-0.1, -0.05) is 0 Å². The van der Waals surface area contributed by atoms with Crippen molar-refractivity contribution in [2.75, 3.05) is 13.1 Å².